The predicted molar refractivity (Wildman–Crippen MR) is 44.2 cm³/mol. The van der Waals surface area contributed by atoms with Gasteiger partial charge in [0.15, 0.2) is 0 Å². The molecule has 1 rings (SSSR count). The predicted octanol–water partition coefficient (Wildman–Crippen LogP) is 0.381. The van der Waals surface area contributed by atoms with E-state index in [1.165, 1.54) is 0 Å². The molecule has 2 N–H and O–H groups in total. The molecule has 0 aliphatic heterocycles. The largest absolute Gasteiger partial charge is 0.352 e. The monoisotopic (exact) mass is 185 g/mol. The summed E-state index contributed by atoms with van der Waals surface area (Å²) in [6.07, 6.45) is 0. The maximum Gasteiger partial charge on any atom is 0.352 e. The molecule has 1 aromatic rings. The molecule has 0 spiro atoms. The van der Waals surface area contributed by atoms with E-state index in [1.807, 2.05) is 0 Å². The zero-order chi connectivity index (χ0) is 8.97. The van der Waals surface area contributed by atoms with Crippen molar-refractivity contribution in [3.8, 4) is 0 Å². The van der Waals surface area contributed by atoms with Crippen molar-refractivity contribution in [2.45, 2.75) is 0 Å². The second-order valence-electron chi connectivity index (χ2n) is 2.00. The van der Waals surface area contributed by atoms with Crippen LogP contribution in [-0.2, 0) is 15.4 Å². The molecule has 0 saturated carbocycles. The minimum absolute atomic E-state index is 0.330. The molecule has 4 nitrogen and oxygen atoms in total. The van der Waals surface area contributed by atoms with E-state index in [-0.39, 0.29) is 0 Å². The minimum Gasteiger partial charge on any atom is -0.348 e. The molecule has 0 amide bonds. The maximum absolute atomic E-state index is 11.0. The third-order valence-electron chi connectivity index (χ3n) is 1.17. The van der Waals surface area contributed by atoms with Gasteiger partial charge in [-0.2, -0.15) is 4.21 Å². The van der Waals surface area contributed by atoms with Gasteiger partial charge in [0.2, 0.25) is 0 Å². The summed E-state index contributed by atoms with van der Waals surface area (Å²) >= 11 is -2.05. The Hall–Kier alpha value is -1.20. The van der Waals surface area contributed by atoms with Crippen molar-refractivity contribution < 1.29 is 13.2 Å². The zero-order valence-electron chi connectivity index (χ0n) is 6.10. The molecule has 1 atom stereocenters. The summed E-state index contributed by atoms with van der Waals surface area (Å²) in [7, 11) is 0. The number of carbonyl (C=O) groups is 1. The highest BCUT2D eigenvalue weighted by Crippen LogP contribution is 2.00. The molecule has 0 aliphatic carbocycles. The summed E-state index contributed by atoms with van der Waals surface area (Å²) in [5, 5.41) is 4.76. The molecule has 5 heteroatoms. The van der Waals surface area contributed by atoms with Gasteiger partial charge in [0, 0.05) is 0 Å². The van der Waals surface area contributed by atoms with Crippen molar-refractivity contribution in [3.63, 3.8) is 0 Å². The lowest BCUT2D eigenvalue weighted by Gasteiger charge is -1.97. The van der Waals surface area contributed by atoms with Crippen molar-refractivity contribution >= 4 is 17.2 Å². The van der Waals surface area contributed by atoms with E-state index in [1.54, 1.807) is 30.3 Å². The van der Waals surface area contributed by atoms with Gasteiger partial charge in [-0.3, -0.25) is 0 Å². The van der Waals surface area contributed by atoms with E-state index in [4.69, 9.17) is 5.14 Å². The normalized spacial score (nSPS) is 12.1. The molecule has 0 aromatic heterocycles. The van der Waals surface area contributed by atoms with E-state index in [9.17, 15) is 9.00 Å². The summed E-state index contributed by atoms with van der Waals surface area (Å²) in [5.74, 6) is -0.684. The van der Waals surface area contributed by atoms with Gasteiger partial charge in [0.05, 0.1) is 5.56 Å². The number of benzene rings is 1. The molecular weight excluding hydrogens is 178 g/mol. The lowest BCUT2D eigenvalue weighted by Crippen LogP contribution is -2.13. The Kier molecular flexibility index (Phi) is 2.95. The van der Waals surface area contributed by atoms with Gasteiger partial charge in [0.25, 0.3) is 11.3 Å². The first-order chi connectivity index (χ1) is 5.70. The summed E-state index contributed by atoms with van der Waals surface area (Å²) in [4.78, 5) is 11.0. The van der Waals surface area contributed by atoms with E-state index in [0.29, 0.717) is 5.56 Å². The van der Waals surface area contributed by atoms with Crippen LogP contribution in [0, 0.1) is 0 Å². The van der Waals surface area contributed by atoms with Crippen LogP contribution in [0.4, 0.5) is 0 Å². The molecular formula is C7H7NO3S. The number of rotatable bonds is 2. The van der Waals surface area contributed by atoms with Gasteiger partial charge < -0.3 is 4.18 Å². The smallest absolute Gasteiger partial charge is 0.348 e. The zero-order valence-corrected chi connectivity index (χ0v) is 6.91. The molecule has 0 bridgehead atoms. The van der Waals surface area contributed by atoms with E-state index in [0.717, 1.165) is 0 Å². The van der Waals surface area contributed by atoms with E-state index >= 15 is 0 Å². The summed E-state index contributed by atoms with van der Waals surface area (Å²) in [5.41, 5.74) is 0.330. The number of nitrogens with two attached hydrogens (primary N) is 1. The third kappa shape index (κ3) is 2.44. The summed E-state index contributed by atoms with van der Waals surface area (Å²) < 4.78 is 14.5. The molecule has 0 saturated heterocycles. The first-order valence-electron chi connectivity index (χ1n) is 3.14. The molecule has 0 heterocycles. The molecule has 0 radical (unpaired) electrons. The van der Waals surface area contributed by atoms with Gasteiger partial charge in [-0.05, 0) is 12.1 Å². The highest BCUT2D eigenvalue weighted by atomic mass is 32.2. The fourth-order valence-electron chi connectivity index (χ4n) is 0.697. The average molecular weight is 185 g/mol. The summed E-state index contributed by atoms with van der Waals surface area (Å²) in [6, 6.07) is 8.21. The van der Waals surface area contributed by atoms with E-state index < -0.39 is 17.2 Å². The Morgan fingerprint density at radius 3 is 2.42 bits per heavy atom. The Labute approximate surface area is 72.1 Å². The SMILES string of the molecule is NS(=O)OC(=O)c1ccccc1. The van der Waals surface area contributed by atoms with Crippen molar-refractivity contribution in [1.82, 2.24) is 0 Å². The molecule has 1 aromatic carbocycles. The lowest BCUT2D eigenvalue weighted by atomic mass is 10.2. The van der Waals surface area contributed by atoms with Crippen molar-refractivity contribution in [2.75, 3.05) is 0 Å². The van der Waals surface area contributed by atoms with Crippen LogP contribution in [0.3, 0.4) is 0 Å². The van der Waals surface area contributed by atoms with Gasteiger partial charge in [-0.1, -0.05) is 18.2 Å². The van der Waals surface area contributed by atoms with Crippen LogP contribution in [0.25, 0.3) is 0 Å². The Morgan fingerprint density at radius 1 is 1.33 bits per heavy atom. The molecule has 0 fully saturated rings. The Bertz CT molecular complexity index is 299. The second-order valence-corrected chi connectivity index (χ2v) is 2.68. The lowest BCUT2D eigenvalue weighted by molar-refractivity contribution is 0.0757. The van der Waals surface area contributed by atoms with Crippen molar-refractivity contribution in [1.29, 1.82) is 0 Å². The highest BCUT2D eigenvalue weighted by Gasteiger charge is 2.07. The fraction of sp³-hybridized carbons (Fsp3) is 0. The standard InChI is InChI=1S/C7H7NO3S/c8-12(10)11-7(9)6-4-2-1-3-5-6/h1-5H,8H2. The van der Waals surface area contributed by atoms with Crippen molar-refractivity contribution in [3.05, 3.63) is 35.9 Å². The maximum atomic E-state index is 11.0. The molecule has 64 valence electrons. The number of carbonyl (C=O) groups excluding carboxylic acids is 1. The van der Waals surface area contributed by atoms with Crippen LogP contribution in [0.5, 0.6) is 0 Å². The van der Waals surface area contributed by atoms with Crippen molar-refractivity contribution in [2.24, 2.45) is 5.14 Å². The molecule has 0 aliphatic rings. The molecule has 1 unspecified atom stereocenters. The van der Waals surface area contributed by atoms with Crippen LogP contribution in [0.1, 0.15) is 10.4 Å². The Balaban J connectivity index is 2.73. The van der Waals surface area contributed by atoms with Gasteiger partial charge >= 0.3 is 5.97 Å². The number of hydrogen-bond acceptors (Lipinski definition) is 3. The first kappa shape index (κ1) is 8.89. The van der Waals surface area contributed by atoms with Gasteiger partial charge in [-0.15, -0.1) is 0 Å². The Morgan fingerprint density at radius 2 is 1.92 bits per heavy atom. The quantitative estimate of drug-likeness (QED) is 0.724. The van der Waals surface area contributed by atoms with Crippen LogP contribution in [0.2, 0.25) is 0 Å². The summed E-state index contributed by atoms with van der Waals surface area (Å²) in [6.45, 7) is 0. The second kappa shape index (κ2) is 3.99. The molecule has 12 heavy (non-hydrogen) atoms. The van der Waals surface area contributed by atoms with E-state index in [2.05, 4.69) is 4.18 Å². The van der Waals surface area contributed by atoms with Gasteiger partial charge in [-0.25, -0.2) is 9.93 Å². The van der Waals surface area contributed by atoms with Gasteiger partial charge in [0.1, 0.15) is 0 Å². The van der Waals surface area contributed by atoms with Crippen LogP contribution in [0.15, 0.2) is 30.3 Å². The first-order valence-corrected chi connectivity index (χ1v) is 4.28. The average Bonchev–Trinajstić information content (AvgIpc) is 2.05. The van der Waals surface area contributed by atoms with Crippen LogP contribution >= 0.6 is 0 Å². The highest BCUT2D eigenvalue weighted by molar-refractivity contribution is 7.78. The minimum atomic E-state index is -2.05. The van der Waals surface area contributed by atoms with Crippen LogP contribution < -0.4 is 5.14 Å². The fourth-order valence-corrected chi connectivity index (χ4v) is 0.942. The number of hydrogen-bond donors (Lipinski definition) is 1. The van der Waals surface area contributed by atoms with Crippen LogP contribution in [-0.4, -0.2) is 10.2 Å². The topological polar surface area (TPSA) is 69.4 Å². The third-order valence-corrected chi connectivity index (χ3v) is 1.48.